The second-order valence-electron chi connectivity index (χ2n) is 28.9. The van der Waals surface area contributed by atoms with Crippen LogP contribution < -0.4 is 5.32 Å². The van der Waals surface area contributed by atoms with Crippen molar-refractivity contribution in [2.24, 2.45) is 33.0 Å². The maximum absolute atomic E-state index is 11.9. The molecule has 7 heterocycles. The summed E-state index contributed by atoms with van der Waals surface area (Å²) in [6.07, 6.45) is 14.3. The summed E-state index contributed by atoms with van der Waals surface area (Å²) in [5.74, 6) is 0.0585. The average Bonchev–Trinajstić information content (AvgIpc) is 1.16. The van der Waals surface area contributed by atoms with Crippen molar-refractivity contribution in [3.8, 4) is 0 Å². The lowest BCUT2D eigenvalue weighted by Gasteiger charge is -2.38. The number of esters is 2. The number of aliphatic hydroxyl groups is 4. The molecule has 3 aromatic carbocycles. The van der Waals surface area contributed by atoms with Crippen molar-refractivity contribution in [3.63, 3.8) is 0 Å². The van der Waals surface area contributed by atoms with Gasteiger partial charge in [-0.15, -0.1) is 0 Å². The summed E-state index contributed by atoms with van der Waals surface area (Å²) >= 11 is 4.72. The van der Waals surface area contributed by atoms with Crippen LogP contribution in [0.4, 0.5) is 14.4 Å². The van der Waals surface area contributed by atoms with Gasteiger partial charge in [0.15, 0.2) is 0 Å². The van der Waals surface area contributed by atoms with Crippen LogP contribution in [0.2, 0.25) is 0 Å². The van der Waals surface area contributed by atoms with Gasteiger partial charge in [0.05, 0.1) is 44.4 Å². The molecule has 103 heavy (non-hydrogen) atoms. The Kier molecular flexibility index (Phi) is 48.1. The van der Waals surface area contributed by atoms with E-state index in [2.05, 4.69) is 124 Å². The van der Waals surface area contributed by atoms with Crippen molar-refractivity contribution >= 4 is 47.4 Å². The zero-order chi connectivity index (χ0) is 76.4. The Bertz CT molecular complexity index is 2680. The molecule has 0 aliphatic carbocycles. The lowest BCUT2D eigenvalue weighted by Crippen LogP contribution is -2.43. The van der Waals surface area contributed by atoms with Gasteiger partial charge < -0.3 is 68.8 Å². The molecule has 7 aliphatic heterocycles. The van der Waals surface area contributed by atoms with E-state index >= 15 is 0 Å². The summed E-state index contributed by atoms with van der Waals surface area (Å²) in [5.41, 5.74) is 3.15. The van der Waals surface area contributed by atoms with Gasteiger partial charge in [0.25, 0.3) is 0 Å². The fourth-order valence-electron chi connectivity index (χ4n) is 12.2. The van der Waals surface area contributed by atoms with Crippen molar-refractivity contribution in [2.75, 3.05) is 152 Å². The molecule has 7 fully saturated rings. The van der Waals surface area contributed by atoms with Gasteiger partial charge in [-0.25, -0.2) is 14.4 Å². The van der Waals surface area contributed by atoms with Crippen LogP contribution in [0.1, 0.15) is 176 Å². The molecule has 0 aromatic heterocycles. The first kappa shape index (κ1) is 93.3. The Morgan fingerprint density at radius 2 is 0.816 bits per heavy atom. The first-order chi connectivity index (χ1) is 49.4. The Morgan fingerprint density at radius 1 is 0.476 bits per heavy atom. The first-order valence-electron chi connectivity index (χ1n) is 37.7. The number of likely N-dealkylation sites (tertiary alicyclic amines) is 5. The van der Waals surface area contributed by atoms with Gasteiger partial charge in [0.1, 0.15) is 6.29 Å². The predicted octanol–water partition coefficient (Wildman–Crippen LogP) is 12.4. The van der Waals surface area contributed by atoms with Gasteiger partial charge >= 0.3 is 29.6 Å². The average molecular weight is 1470 g/mol. The van der Waals surface area contributed by atoms with Crippen LogP contribution in [-0.2, 0) is 62.4 Å². The lowest BCUT2D eigenvalue weighted by atomic mass is 9.80. The highest BCUT2D eigenvalue weighted by Gasteiger charge is 2.39. The summed E-state index contributed by atoms with van der Waals surface area (Å²) < 4.78 is 29.2. The number of hydrogen-bond acceptors (Lipinski definition) is 20. The van der Waals surface area contributed by atoms with Gasteiger partial charge in [-0.3, -0.25) is 24.3 Å². The van der Waals surface area contributed by atoms with E-state index < -0.39 is 5.43 Å². The minimum atomic E-state index is -0.738. The van der Waals surface area contributed by atoms with E-state index in [9.17, 15) is 33.9 Å². The number of rotatable bonds is 17. The Morgan fingerprint density at radius 3 is 1.13 bits per heavy atom. The minimum Gasteiger partial charge on any atom is -0.466 e. The topological polar surface area (TPSA) is 267 Å². The molecule has 22 nitrogen and oxygen atoms in total. The second-order valence-corrected chi connectivity index (χ2v) is 29.2. The second kappa shape index (κ2) is 53.1. The Hall–Kier alpha value is -5.79. The number of carbonyl (C=O) groups excluding carboxylic acids is 6. The van der Waals surface area contributed by atoms with Crippen molar-refractivity contribution in [1.82, 2.24) is 29.8 Å². The van der Waals surface area contributed by atoms with Crippen LogP contribution in [0.3, 0.4) is 0 Å². The van der Waals surface area contributed by atoms with Crippen LogP contribution in [0.25, 0.3) is 0 Å². The van der Waals surface area contributed by atoms with Crippen molar-refractivity contribution in [2.45, 2.75) is 179 Å². The highest BCUT2D eigenvalue weighted by Crippen LogP contribution is 2.35. The standard InChI is InChI=1S/C16H23NO2.C15H21NO2.C14H21NO.C10H19NO3.C10H17NO3.C7H15NO.C4H8O.C3H5ClO2.CH4O/c1-3-19-15(18)16(2)9-11-17(12-10-16)13-14-7-5-4-6-8-14;1-2-18-15(17)14-8-10-16(11-9-14)12-13-6-4-3-5-7-13;1-14(12-16)7-9-15(10-8-14)11-13-5-3-2-4-6-13;2*1-3-14-9(13)11-6-4-10(2,8-12)5-7-11;1-7(6-9)2-4-8-5-3-7;1-2-4-5-3-1;1-2-6-3(4)5;1-2/h4-8H,3,9-13H2,1-2H3;3-7,14H,2,8-12H2,1H3;2-6,16H,7-12H2,1H3;12H,3-8H2,1-2H3;8H,3-7H2,1-2H3;8-9H,2-6H2,1H3;1-4H2;2H2,1H3;2H,1H3. The van der Waals surface area contributed by atoms with Crippen LogP contribution in [-0.4, -0.2) is 232 Å². The van der Waals surface area contributed by atoms with Gasteiger partial charge in [0.2, 0.25) is 0 Å². The van der Waals surface area contributed by atoms with Gasteiger partial charge in [0, 0.05) is 103 Å². The molecule has 7 aliphatic rings. The zero-order valence-electron chi connectivity index (χ0n) is 64.7. The van der Waals surface area contributed by atoms with Crippen molar-refractivity contribution in [3.05, 3.63) is 108 Å². The fourth-order valence-corrected chi connectivity index (χ4v) is 12.3. The summed E-state index contributed by atoms with van der Waals surface area (Å²) in [4.78, 5) is 77.2. The third kappa shape index (κ3) is 38.9. The molecule has 2 amide bonds. The molecule has 5 N–H and O–H groups in total. The number of aliphatic hydroxyl groups excluding tert-OH is 4. The number of benzene rings is 3. The highest BCUT2D eigenvalue weighted by molar-refractivity contribution is 6.61. The molecule has 7 saturated heterocycles. The fraction of sp³-hybridized carbons (Fsp3) is 0.700. The number of halogens is 1. The molecular formula is C80H133ClN6O16. The molecule has 3 aromatic rings. The number of amides is 2. The molecule has 0 saturated carbocycles. The van der Waals surface area contributed by atoms with E-state index in [0.717, 1.165) is 176 Å². The zero-order valence-corrected chi connectivity index (χ0v) is 65.4. The summed E-state index contributed by atoms with van der Waals surface area (Å²) in [5, 5.41) is 37.6. The van der Waals surface area contributed by atoms with E-state index in [4.69, 9.17) is 50.6 Å². The number of carbonyl (C=O) groups is 6. The molecule has 0 unspecified atom stereocenters. The monoisotopic (exact) mass is 1470 g/mol. The maximum atomic E-state index is 11.9. The molecule has 23 heteroatoms. The largest absolute Gasteiger partial charge is 0.466 e. The third-order valence-electron chi connectivity index (χ3n) is 20.0. The van der Waals surface area contributed by atoms with E-state index in [1.807, 2.05) is 39.8 Å². The summed E-state index contributed by atoms with van der Waals surface area (Å²) in [6, 6.07) is 31.6. The van der Waals surface area contributed by atoms with E-state index in [0.29, 0.717) is 72.4 Å². The first-order valence-corrected chi connectivity index (χ1v) is 38.1. The van der Waals surface area contributed by atoms with E-state index in [1.54, 1.807) is 30.6 Å². The van der Waals surface area contributed by atoms with E-state index in [1.165, 1.54) is 29.5 Å². The van der Waals surface area contributed by atoms with Crippen molar-refractivity contribution in [1.29, 1.82) is 0 Å². The van der Waals surface area contributed by atoms with Crippen LogP contribution in [0, 0.1) is 33.0 Å². The highest BCUT2D eigenvalue weighted by atomic mass is 35.5. The number of ether oxygens (including phenoxy) is 6. The number of aldehydes is 1. The minimum absolute atomic E-state index is 0.0109. The molecule has 0 radical (unpaired) electrons. The smallest absolute Gasteiger partial charge is 0.409 e. The Balaban J connectivity index is 0.000000409. The number of nitrogens with zero attached hydrogens (tertiary/aromatic N) is 5. The molecule has 0 bridgehead atoms. The third-order valence-corrected chi connectivity index (χ3v) is 20.1. The summed E-state index contributed by atoms with van der Waals surface area (Å²) in [7, 11) is 1.00. The molecule has 10 rings (SSSR count). The molecule has 0 atom stereocenters. The van der Waals surface area contributed by atoms with Gasteiger partial charge in [-0.1, -0.05) is 119 Å². The van der Waals surface area contributed by atoms with E-state index in [-0.39, 0.29) is 63.7 Å². The SMILES string of the molecule is C1CCOC1.CC1(CO)CCN(Cc2ccccc2)CC1.CC1(CO)CCNCC1.CCOC(=O)C1(C)CCN(Cc2ccccc2)CC1.CCOC(=O)C1CCN(Cc2ccccc2)CC1.CCOC(=O)Cl.CCOC(=O)N1CCC(C)(C=O)CC1.CCOC(=O)N1CCC(C)(CO)CC1.CO. The normalized spacial score (nSPS) is 19.3. The number of hydrogen-bond donors (Lipinski definition) is 5. The lowest BCUT2D eigenvalue weighted by molar-refractivity contribution is -0.157. The molecule has 0 spiro atoms. The van der Waals surface area contributed by atoms with Crippen LogP contribution in [0.15, 0.2) is 91.0 Å². The number of nitrogens with one attached hydrogen (secondary N) is 1. The maximum Gasteiger partial charge on any atom is 0.409 e. The van der Waals surface area contributed by atoms with Gasteiger partial charge in [-0.2, -0.15) is 0 Å². The number of piperidine rings is 6. The van der Waals surface area contributed by atoms with Crippen molar-refractivity contribution < 1.29 is 77.6 Å². The van der Waals surface area contributed by atoms with Crippen LogP contribution in [0.5, 0.6) is 0 Å². The molecule has 586 valence electrons. The van der Waals surface area contributed by atoms with Crippen LogP contribution >= 0.6 is 11.6 Å². The van der Waals surface area contributed by atoms with Gasteiger partial charge in [-0.05, 0) is 217 Å². The predicted molar refractivity (Wildman–Crippen MR) is 406 cm³/mol. The Labute approximate surface area is 623 Å². The summed E-state index contributed by atoms with van der Waals surface area (Å²) in [6.45, 7) is 38.2. The molecular weight excluding hydrogens is 1340 g/mol. The quantitative estimate of drug-likeness (QED) is 0.0364.